The lowest BCUT2D eigenvalue weighted by atomic mass is 10.1. The highest BCUT2D eigenvalue weighted by Gasteiger charge is 2.19. The molecule has 0 saturated carbocycles. The van der Waals surface area contributed by atoms with Crippen LogP contribution in [0.3, 0.4) is 0 Å². The van der Waals surface area contributed by atoms with Gasteiger partial charge < -0.3 is 19.3 Å². The van der Waals surface area contributed by atoms with Crippen molar-refractivity contribution in [1.29, 1.82) is 0 Å². The summed E-state index contributed by atoms with van der Waals surface area (Å²) in [6.45, 7) is 7.75. The van der Waals surface area contributed by atoms with Crippen molar-refractivity contribution in [2.24, 2.45) is 0 Å². The van der Waals surface area contributed by atoms with Crippen LogP contribution < -0.4 is 14.8 Å². The predicted octanol–water partition coefficient (Wildman–Crippen LogP) is 5.00. The van der Waals surface area contributed by atoms with Gasteiger partial charge in [0.25, 0.3) is 5.91 Å². The molecule has 1 unspecified atom stereocenters. The Kier molecular flexibility index (Phi) is 6.86. The van der Waals surface area contributed by atoms with Crippen LogP contribution in [0.15, 0.2) is 53.2 Å². The third-order valence-corrected chi connectivity index (χ3v) is 5.91. The van der Waals surface area contributed by atoms with Crippen LogP contribution in [0.4, 0.5) is 4.39 Å². The van der Waals surface area contributed by atoms with Crippen molar-refractivity contribution < 1.29 is 23.2 Å². The van der Waals surface area contributed by atoms with Crippen molar-refractivity contribution in [2.45, 2.75) is 40.3 Å². The van der Waals surface area contributed by atoms with Gasteiger partial charge in [0.15, 0.2) is 11.5 Å². The van der Waals surface area contributed by atoms with Crippen LogP contribution in [0.2, 0.25) is 0 Å². The number of ether oxygens (including phenoxy) is 2. The average Bonchev–Trinajstić information content (AvgIpc) is 3.39. The van der Waals surface area contributed by atoms with Gasteiger partial charge in [-0.15, -0.1) is 0 Å². The highest BCUT2D eigenvalue weighted by Crippen LogP contribution is 2.30. The second kappa shape index (κ2) is 10.0. The summed E-state index contributed by atoms with van der Waals surface area (Å²) in [5, 5.41) is 11.3. The molecular formula is C26H27FN4O4. The molecule has 182 valence electrons. The second-order valence-electron chi connectivity index (χ2n) is 8.23. The molecule has 0 aliphatic heterocycles. The predicted molar refractivity (Wildman–Crippen MR) is 127 cm³/mol. The Hall–Kier alpha value is -4.14. The minimum Gasteiger partial charge on any atom is -0.493 e. The average molecular weight is 479 g/mol. The number of aromatic nitrogens is 3. The molecule has 0 bridgehead atoms. The van der Waals surface area contributed by atoms with Crippen LogP contribution in [-0.2, 0) is 6.61 Å². The van der Waals surface area contributed by atoms with E-state index in [1.807, 2.05) is 27.7 Å². The number of carbonyl (C=O) groups is 1. The summed E-state index contributed by atoms with van der Waals surface area (Å²) in [5.74, 6) is 1.08. The Morgan fingerprint density at radius 3 is 2.54 bits per heavy atom. The van der Waals surface area contributed by atoms with Crippen molar-refractivity contribution in [2.75, 3.05) is 7.11 Å². The van der Waals surface area contributed by atoms with Crippen LogP contribution in [-0.4, -0.2) is 28.0 Å². The Morgan fingerprint density at radius 1 is 1.14 bits per heavy atom. The number of rotatable bonds is 8. The lowest BCUT2D eigenvalue weighted by molar-refractivity contribution is 0.0939. The lowest BCUT2D eigenvalue weighted by Gasteiger charge is -2.16. The third-order valence-electron chi connectivity index (χ3n) is 5.91. The van der Waals surface area contributed by atoms with Crippen LogP contribution in [0.5, 0.6) is 11.5 Å². The number of halogens is 1. The summed E-state index contributed by atoms with van der Waals surface area (Å²) in [4.78, 5) is 13.0. The minimum atomic E-state index is -0.310. The SMILES string of the molecule is COc1cc(C(=O)NC(C)c2cnn(-c3ccc(F)cc3)c2C)ccc1OCc1c(C)noc1C. The Balaban J connectivity index is 1.46. The monoisotopic (exact) mass is 478 g/mol. The number of hydrogen-bond acceptors (Lipinski definition) is 6. The minimum absolute atomic E-state index is 0.262. The van der Waals surface area contributed by atoms with E-state index >= 15 is 0 Å². The van der Waals surface area contributed by atoms with Gasteiger partial charge in [-0.3, -0.25) is 4.79 Å². The molecule has 2 aromatic carbocycles. The first-order valence-electron chi connectivity index (χ1n) is 11.1. The Morgan fingerprint density at radius 2 is 1.89 bits per heavy atom. The first-order chi connectivity index (χ1) is 16.8. The zero-order valence-corrected chi connectivity index (χ0v) is 20.3. The first-order valence-corrected chi connectivity index (χ1v) is 11.1. The maximum absolute atomic E-state index is 13.3. The molecule has 0 saturated heterocycles. The maximum Gasteiger partial charge on any atom is 0.251 e. The molecule has 0 radical (unpaired) electrons. The highest BCUT2D eigenvalue weighted by molar-refractivity contribution is 5.95. The molecule has 0 fully saturated rings. The number of carbonyl (C=O) groups excluding carboxylic acids is 1. The molecule has 2 aromatic heterocycles. The largest absolute Gasteiger partial charge is 0.493 e. The molecule has 2 heterocycles. The maximum atomic E-state index is 13.3. The van der Waals surface area contributed by atoms with E-state index in [4.69, 9.17) is 14.0 Å². The molecule has 4 aromatic rings. The van der Waals surface area contributed by atoms with Gasteiger partial charge in [-0.2, -0.15) is 5.10 Å². The van der Waals surface area contributed by atoms with E-state index in [0.717, 1.165) is 28.2 Å². The molecule has 0 aliphatic carbocycles. The smallest absolute Gasteiger partial charge is 0.251 e. The molecule has 9 heteroatoms. The summed E-state index contributed by atoms with van der Waals surface area (Å²) in [5.41, 5.74) is 4.52. The fourth-order valence-electron chi connectivity index (χ4n) is 3.83. The van der Waals surface area contributed by atoms with Crippen molar-refractivity contribution in [3.63, 3.8) is 0 Å². The van der Waals surface area contributed by atoms with Crippen molar-refractivity contribution in [3.05, 3.63) is 88.3 Å². The van der Waals surface area contributed by atoms with Gasteiger partial charge in [0.05, 0.1) is 36.3 Å². The number of nitrogens with zero attached hydrogens (tertiary/aromatic N) is 3. The van der Waals surface area contributed by atoms with Gasteiger partial charge in [0, 0.05) is 16.8 Å². The van der Waals surface area contributed by atoms with Crippen LogP contribution in [0.1, 0.15) is 51.6 Å². The van der Waals surface area contributed by atoms with Crippen LogP contribution in [0.25, 0.3) is 5.69 Å². The third kappa shape index (κ3) is 5.03. The fraction of sp³-hybridized carbons (Fsp3) is 0.269. The topological polar surface area (TPSA) is 91.4 Å². The van der Waals surface area contributed by atoms with Gasteiger partial charge in [-0.05, 0) is 70.2 Å². The van der Waals surface area contributed by atoms with Gasteiger partial charge in [-0.1, -0.05) is 5.16 Å². The normalized spacial score (nSPS) is 11.8. The van der Waals surface area contributed by atoms with E-state index in [0.29, 0.717) is 22.8 Å². The Bertz CT molecular complexity index is 1320. The van der Waals surface area contributed by atoms with Crippen LogP contribution >= 0.6 is 0 Å². The zero-order valence-electron chi connectivity index (χ0n) is 20.3. The van der Waals surface area contributed by atoms with Crippen molar-refractivity contribution in [3.8, 4) is 17.2 Å². The van der Waals surface area contributed by atoms with Crippen molar-refractivity contribution >= 4 is 5.91 Å². The molecular weight excluding hydrogens is 451 g/mol. The van der Waals surface area contributed by atoms with E-state index in [1.165, 1.54) is 19.2 Å². The number of methoxy groups -OCH3 is 1. The van der Waals surface area contributed by atoms with Gasteiger partial charge in [0.2, 0.25) is 0 Å². The molecule has 0 aliphatic rings. The molecule has 35 heavy (non-hydrogen) atoms. The second-order valence-corrected chi connectivity index (χ2v) is 8.23. The molecule has 8 nitrogen and oxygen atoms in total. The number of hydrogen-bond donors (Lipinski definition) is 1. The van der Waals surface area contributed by atoms with E-state index in [1.54, 1.807) is 41.2 Å². The van der Waals surface area contributed by atoms with Gasteiger partial charge >= 0.3 is 0 Å². The summed E-state index contributed by atoms with van der Waals surface area (Å²) < 4.78 is 31.5. The first kappa shape index (κ1) is 24.0. The summed E-state index contributed by atoms with van der Waals surface area (Å²) in [6, 6.07) is 10.8. The molecule has 0 spiro atoms. The number of benzene rings is 2. The zero-order chi connectivity index (χ0) is 25.1. The molecule has 1 atom stereocenters. The van der Waals surface area contributed by atoms with Crippen LogP contribution in [0, 0.1) is 26.6 Å². The van der Waals surface area contributed by atoms with E-state index in [9.17, 15) is 9.18 Å². The van der Waals surface area contributed by atoms with E-state index < -0.39 is 0 Å². The molecule has 1 N–H and O–H groups in total. The highest BCUT2D eigenvalue weighted by atomic mass is 19.1. The fourth-order valence-corrected chi connectivity index (χ4v) is 3.83. The Labute approximate surface area is 202 Å². The lowest BCUT2D eigenvalue weighted by Crippen LogP contribution is -2.27. The summed E-state index contributed by atoms with van der Waals surface area (Å²) >= 11 is 0. The van der Waals surface area contributed by atoms with Gasteiger partial charge in [0.1, 0.15) is 18.2 Å². The van der Waals surface area contributed by atoms with E-state index in [2.05, 4.69) is 15.6 Å². The number of amides is 1. The quantitative estimate of drug-likeness (QED) is 0.383. The van der Waals surface area contributed by atoms with Crippen molar-refractivity contribution in [1.82, 2.24) is 20.3 Å². The number of aryl methyl sites for hydroxylation is 2. The summed E-state index contributed by atoms with van der Waals surface area (Å²) in [6.07, 6.45) is 1.70. The van der Waals surface area contributed by atoms with E-state index in [-0.39, 0.29) is 24.4 Å². The van der Waals surface area contributed by atoms with Gasteiger partial charge in [-0.25, -0.2) is 9.07 Å². The standard InChI is InChI=1S/C26H27FN4O4/c1-15(22-13-28-31(17(22)3)21-9-7-20(27)8-10-21)29-26(32)19-6-11-24(25(12-19)33-5)34-14-23-16(2)30-35-18(23)4/h6-13,15H,14H2,1-5H3,(H,29,32). The summed E-state index contributed by atoms with van der Waals surface area (Å²) in [7, 11) is 1.52. The molecule has 4 rings (SSSR count). The number of nitrogens with one attached hydrogen (secondary N) is 1. The molecule has 1 amide bonds.